The lowest BCUT2D eigenvalue weighted by atomic mass is 9.89. The number of hydrogen-bond acceptors (Lipinski definition) is 9. The first-order valence-corrected chi connectivity index (χ1v) is 20.5. The quantitative estimate of drug-likeness (QED) is 0.138. The lowest BCUT2D eigenvalue weighted by Gasteiger charge is -2.41. The number of benzene rings is 1. The van der Waals surface area contributed by atoms with E-state index in [1.165, 1.54) is 7.11 Å². The van der Waals surface area contributed by atoms with E-state index in [-0.39, 0.29) is 66.7 Å². The minimum atomic E-state index is -0.895. The highest BCUT2D eigenvalue weighted by atomic mass is 16.5. The van der Waals surface area contributed by atoms with Crippen LogP contribution >= 0.6 is 0 Å². The number of likely N-dealkylation sites (tertiary alicyclic amines) is 1. The fourth-order valence-corrected chi connectivity index (χ4v) is 7.74. The number of nitrogens with zero attached hydrogens (tertiary/aromatic N) is 2. The molecule has 318 valence electrons. The van der Waals surface area contributed by atoms with Crippen LogP contribution in [0.25, 0.3) is 0 Å². The zero-order valence-electron chi connectivity index (χ0n) is 36.4. The van der Waals surface area contributed by atoms with Crippen LogP contribution in [-0.2, 0) is 44.6 Å². The van der Waals surface area contributed by atoms with Gasteiger partial charge in [0.25, 0.3) is 0 Å². The van der Waals surface area contributed by atoms with Crippen LogP contribution in [0.1, 0.15) is 93.6 Å². The van der Waals surface area contributed by atoms with Crippen molar-refractivity contribution in [1.82, 2.24) is 25.8 Å². The van der Waals surface area contributed by atoms with Crippen LogP contribution in [0.15, 0.2) is 30.3 Å². The molecule has 0 aliphatic carbocycles. The highest BCUT2D eigenvalue weighted by molar-refractivity contribution is 5.90. The molecule has 56 heavy (non-hydrogen) atoms. The molecule has 0 saturated carbocycles. The molecule has 1 aromatic rings. The third kappa shape index (κ3) is 13.5. The molecule has 0 radical (unpaired) electrons. The average Bonchev–Trinajstić information content (AvgIpc) is 3.65. The molecule has 1 aliphatic rings. The molecule has 9 atom stereocenters. The van der Waals surface area contributed by atoms with Crippen molar-refractivity contribution in [3.05, 3.63) is 35.9 Å². The predicted octanol–water partition coefficient (Wildman–Crippen LogP) is 4.22. The number of carbonyl (C=O) groups is 5. The Balaban J connectivity index is 2.29. The van der Waals surface area contributed by atoms with Crippen molar-refractivity contribution in [1.29, 1.82) is 0 Å². The van der Waals surface area contributed by atoms with E-state index < -0.39 is 54.3 Å². The number of rotatable bonds is 23. The van der Waals surface area contributed by atoms with Gasteiger partial charge in [0.15, 0.2) is 0 Å². The number of nitrogens with one attached hydrogen (secondary N) is 3. The van der Waals surface area contributed by atoms with Gasteiger partial charge < -0.3 is 40.0 Å². The number of likely N-dealkylation sites (N-methyl/N-ethyl adjacent to an activating group) is 2. The Morgan fingerprint density at radius 2 is 1.50 bits per heavy atom. The van der Waals surface area contributed by atoms with Crippen LogP contribution in [0, 0.1) is 29.6 Å². The monoisotopic (exact) mass is 788 g/mol. The zero-order valence-corrected chi connectivity index (χ0v) is 36.4. The molecule has 13 nitrogen and oxygen atoms in total. The van der Waals surface area contributed by atoms with Gasteiger partial charge in [-0.25, -0.2) is 4.79 Å². The summed E-state index contributed by atoms with van der Waals surface area (Å²) in [6.07, 6.45) is 1.08. The van der Waals surface area contributed by atoms with E-state index >= 15 is 0 Å². The molecule has 0 bridgehead atoms. The molecule has 4 amide bonds. The number of hydrogen-bond donors (Lipinski definition) is 3. The van der Waals surface area contributed by atoms with Gasteiger partial charge >= 0.3 is 5.97 Å². The Labute approximate surface area is 336 Å². The third-order valence-electron chi connectivity index (χ3n) is 11.2. The molecule has 13 heteroatoms. The summed E-state index contributed by atoms with van der Waals surface area (Å²) in [6, 6.07) is 6.48. The molecule has 3 N–H and O–H groups in total. The second-order valence-electron chi connectivity index (χ2n) is 16.6. The summed E-state index contributed by atoms with van der Waals surface area (Å²) < 4.78 is 17.5. The van der Waals surface area contributed by atoms with E-state index in [1.54, 1.807) is 37.9 Å². The summed E-state index contributed by atoms with van der Waals surface area (Å²) in [7, 11) is 6.54. The smallest absolute Gasteiger partial charge is 0.328 e. The summed E-state index contributed by atoms with van der Waals surface area (Å²) in [6.45, 7) is 18.2. The first-order valence-electron chi connectivity index (χ1n) is 20.5. The minimum absolute atomic E-state index is 0.00532. The summed E-state index contributed by atoms with van der Waals surface area (Å²) >= 11 is 0. The van der Waals surface area contributed by atoms with Crippen LogP contribution in [0.2, 0.25) is 0 Å². The second kappa shape index (κ2) is 23.6. The first kappa shape index (κ1) is 48.6. The Morgan fingerprint density at radius 3 is 2.02 bits per heavy atom. The van der Waals surface area contributed by atoms with Gasteiger partial charge in [-0.15, -0.1) is 0 Å². The van der Waals surface area contributed by atoms with Gasteiger partial charge in [-0.3, -0.25) is 19.2 Å². The fraction of sp³-hybridized carbons (Fsp3) is 0.744. The summed E-state index contributed by atoms with van der Waals surface area (Å²) in [5, 5.41) is 8.96. The second-order valence-corrected chi connectivity index (χ2v) is 16.6. The first-order chi connectivity index (χ1) is 26.4. The Bertz CT molecular complexity index is 1390. The largest absolute Gasteiger partial charge is 0.464 e. The van der Waals surface area contributed by atoms with Crippen molar-refractivity contribution in [2.75, 3.05) is 41.5 Å². The lowest BCUT2D eigenvalue weighted by molar-refractivity contribution is -0.150. The number of amides is 4. The van der Waals surface area contributed by atoms with Gasteiger partial charge in [0.1, 0.15) is 12.1 Å². The maximum absolute atomic E-state index is 14.3. The van der Waals surface area contributed by atoms with Crippen molar-refractivity contribution in [3.63, 3.8) is 0 Å². The Hall–Kier alpha value is -3.55. The van der Waals surface area contributed by atoms with Crippen LogP contribution in [0.4, 0.5) is 0 Å². The maximum Gasteiger partial charge on any atom is 0.328 e. The number of methoxy groups -OCH3 is 2. The van der Waals surface area contributed by atoms with Gasteiger partial charge in [-0.05, 0) is 49.1 Å². The SMILES string of the molecule is CC[C@H](C)[C@@H]([C@@H](CC(=O)N1CCC[C@H]1[C@H](OC)[C@@H](C)C(=O)N[C@@H](Cc1ccccc1)C(=O)OCC(C)C)OC)N(C)C(=O)[C@@H](NC(=O)[C@@H](NC)C(C)C)C(C)C. The Kier molecular flexibility index (Phi) is 20.5. The van der Waals surface area contributed by atoms with E-state index in [2.05, 4.69) is 16.0 Å². The van der Waals surface area contributed by atoms with Crippen LogP contribution in [0.5, 0.6) is 0 Å². The standard InChI is InChI=1S/C43H73N5O8/c1-14-29(8)38(47(11)42(52)37(28(6)7)46-41(51)36(44-10)27(4)5)34(54-12)24-35(49)48-22-18-21-33(48)39(55-13)30(9)40(50)45-32(43(53)56-25-26(2)3)23-31-19-16-15-17-20-31/h15-17,19-20,26-30,32-34,36-39,44H,14,18,21-25H2,1-13H3,(H,45,50)(H,46,51)/t29-,30+,32-,33-,34+,36-,37-,38-,39+/m0/s1. The highest BCUT2D eigenvalue weighted by Gasteiger charge is 2.43. The fourth-order valence-electron chi connectivity index (χ4n) is 7.74. The summed E-state index contributed by atoms with van der Waals surface area (Å²) in [5.41, 5.74) is 0.886. The molecule has 0 spiro atoms. The molecular weight excluding hydrogens is 714 g/mol. The summed E-state index contributed by atoms with van der Waals surface area (Å²) in [5.74, 6) is -2.28. The molecule has 0 unspecified atom stereocenters. The van der Waals surface area contributed by atoms with Gasteiger partial charge in [0.2, 0.25) is 23.6 Å². The number of carbonyl (C=O) groups excluding carboxylic acids is 5. The van der Waals surface area contributed by atoms with Crippen LogP contribution < -0.4 is 16.0 Å². The number of ether oxygens (including phenoxy) is 3. The third-order valence-corrected chi connectivity index (χ3v) is 11.2. The molecule has 2 rings (SSSR count). The van der Waals surface area contributed by atoms with Gasteiger partial charge in [-0.1, -0.05) is 99.1 Å². The number of esters is 1. The average molecular weight is 788 g/mol. The molecule has 1 aliphatic heterocycles. The van der Waals surface area contributed by atoms with Gasteiger partial charge in [0.05, 0.1) is 49.3 Å². The molecular formula is C43H73N5O8. The molecule has 1 saturated heterocycles. The van der Waals surface area contributed by atoms with Gasteiger partial charge in [-0.2, -0.15) is 0 Å². The van der Waals surface area contributed by atoms with Gasteiger partial charge in [0, 0.05) is 34.2 Å². The molecule has 0 aromatic heterocycles. The van der Waals surface area contributed by atoms with Crippen molar-refractivity contribution >= 4 is 29.6 Å². The van der Waals surface area contributed by atoms with E-state index in [0.29, 0.717) is 13.0 Å². The van der Waals surface area contributed by atoms with Crippen LogP contribution in [0.3, 0.4) is 0 Å². The van der Waals surface area contributed by atoms with Crippen LogP contribution in [-0.4, -0.2) is 123 Å². The molecule has 1 aromatic carbocycles. The van der Waals surface area contributed by atoms with E-state index in [9.17, 15) is 24.0 Å². The lowest BCUT2D eigenvalue weighted by Crippen LogP contribution is -2.59. The maximum atomic E-state index is 14.3. The van der Waals surface area contributed by atoms with Crippen molar-refractivity contribution in [2.45, 2.75) is 137 Å². The van der Waals surface area contributed by atoms with E-state index in [4.69, 9.17) is 14.2 Å². The topological polar surface area (TPSA) is 156 Å². The van der Waals surface area contributed by atoms with E-state index in [0.717, 1.165) is 18.4 Å². The van der Waals surface area contributed by atoms with Crippen molar-refractivity contribution in [2.24, 2.45) is 29.6 Å². The van der Waals surface area contributed by atoms with Crippen molar-refractivity contribution in [3.8, 4) is 0 Å². The highest BCUT2D eigenvalue weighted by Crippen LogP contribution is 2.30. The van der Waals surface area contributed by atoms with E-state index in [1.807, 2.05) is 85.7 Å². The Morgan fingerprint density at radius 1 is 0.875 bits per heavy atom. The molecule has 1 fully saturated rings. The predicted molar refractivity (Wildman–Crippen MR) is 218 cm³/mol. The zero-order chi connectivity index (χ0) is 42.3. The summed E-state index contributed by atoms with van der Waals surface area (Å²) in [4.78, 5) is 72.1. The minimum Gasteiger partial charge on any atom is -0.464 e. The van der Waals surface area contributed by atoms with Crippen molar-refractivity contribution < 1.29 is 38.2 Å². The molecule has 1 heterocycles. The normalized spacial score (nSPS) is 18.8.